The summed E-state index contributed by atoms with van der Waals surface area (Å²) in [6, 6.07) is 71.2. The van der Waals surface area contributed by atoms with E-state index in [1.54, 1.807) is 18.2 Å². The molecule has 0 spiro atoms. The van der Waals surface area contributed by atoms with Gasteiger partial charge in [0.2, 0.25) is 0 Å². The van der Waals surface area contributed by atoms with Crippen LogP contribution in [0.2, 0.25) is 0 Å². The average molecular weight is 1160 g/mol. The van der Waals surface area contributed by atoms with Gasteiger partial charge in [-0.3, -0.25) is 4.21 Å². The van der Waals surface area contributed by atoms with Gasteiger partial charge in [0, 0.05) is 48.9 Å². The van der Waals surface area contributed by atoms with Gasteiger partial charge < -0.3 is 0 Å². The smallest absolute Gasteiger partial charge is 0.178 e. The average Bonchev–Trinajstić information content (AvgIpc) is 3.09. The molecule has 12 heteroatoms. The minimum absolute atomic E-state index is 0.0833. The first kappa shape index (κ1) is 56.0. The SMILES string of the molecule is CCCCSc1ccc2nc(-c3ccccc3)c(-c3cccc(-c4cccc(-c5nc6ccc(S(=O)CCCC)cc6nc5-c5cccc(-c6cccc(-c7nc8ccc(S(=O)(=O)CCCC)cc8nc7-c7ccccc7)c6)c5)c4)c3)nc2c1. The van der Waals surface area contributed by atoms with Gasteiger partial charge in [0.05, 0.1) is 88.7 Å². The van der Waals surface area contributed by atoms with E-state index >= 15 is 0 Å². The second-order valence-corrected chi connectivity index (χ2v) is 25.9. The number of aromatic nitrogens is 6. The number of hydrogen-bond acceptors (Lipinski definition) is 10. The van der Waals surface area contributed by atoms with Crippen molar-refractivity contribution >= 4 is 65.5 Å². The number of sulfone groups is 1. The zero-order valence-electron chi connectivity index (χ0n) is 47.2. The summed E-state index contributed by atoms with van der Waals surface area (Å²) < 4.78 is 40.3. The van der Waals surface area contributed by atoms with Crippen molar-refractivity contribution in [2.75, 3.05) is 17.3 Å². The second-order valence-electron chi connectivity index (χ2n) is 21.0. The van der Waals surface area contributed by atoms with E-state index in [1.807, 2.05) is 104 Å². The summed E-state index contributed by atoms with van der Waals surface area (Å²) >= 11 is 1.86. The van der Waals surface area contributed by atoms with Crippen LogP contribution in [0.15, 0.2) is 227 Å². The zero-order valence-corrected chi connectivity index (χ0v) is 49.7. The van der Waals surface area contributed by atoms with Gasteiger partial charge in [0.25, 0.3) is 0 Å². The maximum atomic E-state index is 13.6. The number of thioether (sulfide) groups is 1. The van der Waals surface area contributed by atoms with Crippen LogP contribution in [0.3, 0.4) is 0 Å². The summed E-state index contributed by atoms with van der Waals surface area (Å²) in [6.45, 7) is 6.32. The van der Waals surface area contributed by atoms with E-state index in [4.69, 9.17) is 29.9 Å². The quantitative estimate of drug-likeness (QED) is 0.0537. The van der Waals surface area contributed by atoms with Gasteiger partial charge in [-0.2, -0.15) is 0 Å². The van der Waals surface area contributed by atoms with Crippen molar-refractivity contribution in [3.8, 4) is 89.8 Å². The summed E-state index contributed by atoms with van der Waals surface area (Å²) in [5, 5.41) is 0. The molecular weight excluding hydrogens is 1090 g/mol. The molecule has 9 aromatic carbocycles. The summed E-state index contributed by atoms with van der Waals surface area (Å²) in [4.78, 5) is 34.0. The topological polar surface area (TPSA) is 129 Å². The summed E-state index contributed by atoms with van der Waals surface area (Å²) in [5.41, 5.74) is 18.0. The Balaban J connectivity index is 0.947. The first-order valence-corrected chi connectivity index (χ1v) is 32.8. The molecule has 416 valence electrons. The third-order valence-electron chi connectivity index (χ3n) is 15.1. The molecule has 9 nitrogen and oxygen atoms in total. The van der Waals surface area contributed by atoms with Crippen LogP contribution < -0.4 is 0 Å². The van der Waals surface area contributed by atoms with Crippen LogP contribution in [0.1, 0.15) is 59.3 Å². The predicted molar refractivity (Wildman–Crippen MR) is 348 cm³/mol. The van der Waals surface area contributed by atoms with Crippen LogP contribution in [0.4, 0.5) is 0 Å². The predicted octanol–water partition coefficient (Wildman–Crippen LogP) is 18.2. The number of nitrogens with zero attached hydrogens (tertiary/aromatic N) is 6. The van der Waals surface area contributed by atoms with Gasteiger partial charge in [-0.15, -0.1) is 11.8 Å². The van der Waals surface area contributed by atoms with Gasteiger partial charge in [0.15, 0.2) is 9.84 Å². The van der Waals surface area contributed by atoms with Crippen LogP contribution in [0, 0.1) is 0 Å². The first-order chi connectivity index (χ1) is 41.1. The highest BCUT2D eigenvalue weighted by molar-refractivity contribution is 7.99. The standard InChI is InChI=1S/C72H62N6O3S3/c1-4-7-38-82-58-32-35-61-64(45-58)76-70(67(73-61)48-20-12-10-13-21-48)55-29-17-25-51(42-55)52-26-18-30-56(43-52)71-72(77-65-46-59(33-36-62(65)74-71)83(79)39-8-5-2)57-31-19-27-53(44-57)50-24-16-28-54(41-50)69-68(49-22-14-11-15-23-49)78-66-47-60(34-37-63(66)75-69)84(80,81)40-9-6-3/h10-37,41-47H,4-9,38-40H2,1-3H3. The molecule has 0 aliphatic rings. The van der Waals surface area contributed by atoms with Crippen molar-refractivity contribution < 1.29 is 12.6 Å². The first-order valence-electron chi connectivity index (χ1n) is 28.9. The minimum Gasteiger partial charge on any atom is -0.254 e. The molecule has 12 aromatic rings. The number of fused-ring (bicyclic) bond motifs is 3. The van der Waals surface area contributed by atoms with Gasteiger partial charge in [0.1, 0.15) is 0 Å². The van der Waals surface area contributed by atoms with E-state index in [1.165, 1.54) is 4.90 Å². The van der Waals surface area contributed by atoms with E-state index < -0.39 is 20.6 Å². The molecule has 1 unspecified atom stereocenters. The van der Waals surface area contributed by atoms with Crippen molar-refractivity contribution in [1.82, 2.24) is 29.9 Å². The molecule has 0 aliphatic heterocycles. The highest BCUT2D eigenvalue weighted by Crippen LogP contribution is 2.40. The molecule has 0 aliphatic carbocycles. The molecule has 0 saturated carbocycles. The molecule has 0 fully saturated rings. The minimum atomic E-state index is -3.49. The largest absolute Gasteiger partial charge is 0.254 e. The van der Waals surface area contributed by atoms with Gasteiger partial charge >= 0.3 is 0 Å². The van der Waals surface area contributed by atoms with Crippen molar-refractivity contribution in [2.45, 2.75) is 74.0 Å². The van der Waals surface area contributed by atoms with Crippen molar-refractivity contribution in [1.29, 1.82) is 0 Å². The van der Waals surface area contributed by atoms with Gasteiger partial charge in [-0.05, 0) is 126 Å². The Morgan fingerprint density at radius 2 is 0.738 bits per heavy atom. The highest BCUT2D eigenvalue weighted by Gasteiger charge is 2.21. The fourth-order valence-corrected chi connectivity index (χ4v) is 14.2. The second kappa shape index (κ2) is 25.1. The van der Waals surface area contributed by atoms with E-state index in [2.05, 4.69) is 123 Å². The Labute approximate surface area is 498 Å². The molecule has 3 heterocycles. The van der Waals surface area contributed by atoms with Crippen molar-refractivity contribution in [2.24, 2.45) is 0 Å². The van der Waals surface area contributed by atoms with Crippen molar-refractivity contribution in [3.63, 3.8) is 0 Å². The third-order valence-corrected chi connectivity index (χ3v) is 19.4. The molecular formula is C72H62N6O3S3. The molecule has 0 radical (unpaired) electrons. The fraction of sp³-hybridized carbons (Fsp3) is 0.167. The normalized spacial score (nSPS) is 12.1. The molecule has 0 bridgehead atoms. The zero-order chi connectivity index (χ0) is 57.6. The maximum absolute atomic E-state index is 13.6. The lowest BCUT2D eigenvalue weighted by Crippen LogP contribution is -2.07. The van der Waals surface area contributed by atoms with Crippen molar-refractivity contribution in [3.05, 3.63) is 212 Å². The van der Waals surface area contributed by atoms with Crippen LogP contribution in [0.5, 0.6) is 0 Å². The lowest BCUT2D eigenvalue weighted by Gasteiger charge is -2.15. The van der Waals surface area contributed by atoms with E-state index in [9.17, 15) is 12.6 Å². The Bertz CT molecular complexity index is 4540. The number of hydrogen-bond donors (Lipinski definition) is 0. The lowest BCUT2D eigenvalue weighted by atomic mass is 9.95. The third kappa shape index (κ3) is 12.1. The monoisotopic (exact) mass is 1150 g/mol. The molecule has 0 saturated heterocycles. The van der Waals surface area contributed by atoms with Crippen LogP contribution in [0.25, 0.3) is 123 Å². The van der Waals surface area contributed by atoms with E-state index in [0.29, 0.717) is 57.0 Å². The van der Waals surface area contributed by atoms with E-state index in [-0.39, 0.29) is 10.6 Å². The molecule has 84 heavy (non-hydrogen) atoms. The highest BCUT2D eigenvalue weighted by atomic mass is 32.2. The number of benzene rings is 9. The summed E-state index contributed by atoms with van der Waals surface area (Å²) in [5.74, 6) is 1.72. The molecule has 3 aromatic heterocycles. The van der Waals surface area contributed by atoms with E-state index in [0.717, 1.165) is 121 Å². The van der Waals surface area contributed by atoms with Crippen LogP contribution >= 0.6 is 11.8 Å². The Morgan fingerprint density at radius 1 is 0.357 bits per heavy atom. The summed E-state index contributed by atoms with van der Waals surface area (Å²) in [6.07, 6.45) is 5.50. The maximum Gasteiger partial charge on any atom is 0.178 e. The summed E-state index contributed by atoms with van der Waals surface area (Å²) in [7, 11) is -4.67. The molecule has 1 atom stereocenters. The van der Waals surface area contributed by atoms with Crippen LogP contribution in [-0.4, -0.2) is 59.8 Å². The van der Waals surface area contributed by atoms with Crippen LogP contribution in [-0.2, 0) is 20.6 Å². The molecule has 0 N–H and O–H groups in total. The Morgan fingerprint density at radius 3 is 1.20 bits per heavy atom. The lowest BCUT2D eigenvalue weighted by molar-refractivity contribution is 0.593. The number of rotatable bonds is 20. The number of unbranched alkanes of at least 4 members (excludes halogenated alkanes) is 3. The van der Waals surface area contributed by atoms with Gasteiger partial charge in [-0.25, -0.2) is 38.3 Å². The molecule has 0 amide bonds. The Kier molecular flexibility index (Phi) is 16.7. The molecule has 12 rings (SSSR count). The van der Waals surface area contributed by atoms with Gasteiger partial charge in [-0.1, -0.05) is 173 Å². The fourth-order valence-electron chi connectivity index (χ4n) is 10.5. The Hall–Kier alpha value is -8.55.